The van der Waals surface area contributed by atoms with Gasteiger partial charge in [-0.3, -0.25) is 4.79 Å². The van der Waals surface area contributed by atoms with Gasteiger partial charge in [-0.15, -0.1) is 0 Å². The number of rotatable bonds is 6. The fraction of sp³-hybridized carbons (Fsp3) is 0.300. The van der Waals surface area contributed by atoms with Gasteiger partial charge in [0.1, 0.15) is 12.1 Å². The molecular weight excluding hydrogens is 385 g/mol. The van der Waals surface area contributed by atoms with Crippen LogP contribution in [0.3, 0.4) is 0 Å². The number of carbonyl (C=O) groups is 2. The third kappa shape index (κ3) is 3.95. The van der Waals surface area contributed by atoms with Gasteiger partial charge in [0.15, 0.2) is 6.67 Å². The topological polar surface area (TPSA) is 53.9 Å². The SMILES string of the molecule is CC[NH+](Cc1ccccc1)CN1C(=O)N[C@](C)(c2ccc(Cl)cc2Cl)C1=O. The van der Waals surface area contributed by atoms with Crippen molar-refractivity contribution < 1.29 is 14.5 Å². The van der Waals surface area contributed by atoms with Crippen molar-refractivity contribution in [3.63, 3.8) is 0 Å². The number of halogens is 2. The first kappa shape index (κ1) is 19.7. The number of hydrogen-bond acceptors (Lipinski definition) is 2. The average molecular weight is 407 g/mol. The molecule has 0 bridgehead atoms. The zero-order valence-electron chi connectivity index (χ0n) is 15.3. The van der Waals surface area contributed by atoms with Crippen molar-refractivity contribution in [1.29, 1.82) is 0 Å². The van der Waals surface area contributed by atoms with Crippen molar-refractivity contribution in [3.8, 4) is 0 Å². The summed E-state index contributed by atoms with van der Waals surface area (Å²) < 4.78 is 0. The van der Waals surface area contributed by atoms with Gasteiger partial charge in [0, 0.05) is 21.2 Å². The first-order valence-corrected chi connectivity index (χ1v) is 9.58. The Hall–Kier alpha value is -2.08. The van der Waals surface area contributed by atoms with E-state index in [0.29, 0.717) is 15.6 Å². The monoisotopic (exact) mass is 406 g/mol. The van der Waals surface area contributed by atoms with Gasteiger partial charge in [0.25, 0.3) is 5.91 Å². The van der Waals surface area contributed by atoms with E-state index in [1.807, 2.05) is 37.3 Å². The molecule has 0 radical (unpaired) electrons. The van der Waals surface area contributed by atoms with Crippen LogP contribution >= 0.6 is 23.2 Å². The predicted molar refractivity (Wildman–Crippen MR) is 106 cm³/mol. The Kier molecular flexibility index (Phi) is 5.75. The molecule has 3 rings (SSSR count). The lowest BCUT2D eigenvalue weighted by Gasteiger charge is -2.25. The minimum Gasteiger partial charge on any atom is -0.319 e. The first-order chi connectivity index (χ1) is 12.8. The Morgan fingerprint density at radius 2 is 1.81 bits per heavy atom. The summed E-state index contributed by atoms with van der Waals surface area (Å²) in [6.45, 7) is 5.51. The van der Waals surface area contributed by atoms with Gasteiger partial charge < -0.3 is 10.2 Å². The van der Waals surface area contributed by atoms with E-state index in [9.17, 15) is 9.59 Å². The van der Waals surface area contributed by atoms with E-state index in [2.05, 4.69) is 5.32 Å². The number of carbonyl (C=O) groups excluding carboxylic acids is 2. The maximum atomic E-state index is 13.1. The summed E-state index contributed by atoms with van der Waals surface area (Å²) in [5.41, 5.74) is 0.491. The third-order valence-electron chi connectivity index (χ3n) is 4.92. The highest BCUT2D eigenvalue weighted by molar-refractivity contribution is 6.35. The van der Waals surface area contributed by atoms with Crippen molar-refractivity contribution in [3.05, 3.63) is 69.7 Å². The summed E-state index contributed by atoms with van der Waals surface area (Å²) in [7, 11) is 0. The van der Waals surface area contributed by atoms with E-state index < -0.39 is 11.6 Å². The lowest BCUT2D eigenvalue weighted by molar-refractivity contribution is -0.919. The molecule has 1 aliphatic heterocycles. The Balaban J connectivity index is 1.81. The van der Waals surface area contributed by atoms with E-state index >= 15 is 0 Å². The van der Waals surface area contributed by atoms with Crippen molar-refractivity contribution in [2.24, 2.45) is 0 Å². The van der Waals surface area contributed by atoms with Crippen LogP contribution in [0.1, 0.15) is 25.0 Å². The molecule has 27 heavy (non-hydrogen) atoms. The molecule has 0 aliphatic carbocycles. The Morgan fingerprint density at radius 3 is 2.44 bits per heavy atom. The molecule has 142 valence electrons. The number of urea groups is 1. The average Bonchev–Trinajstić information content (AvgIpc) is 2.85. The second-order valence-corrected chi connectivity index (χ2v) is 7.68. The maximum absolute atomic E-state index is 13.1. The minimum atomic E-state index is -1.20. The Bertz CT molecular complexity index is 860. The first-order valence-electron chi connectivity index (χ1n) is 8.82. The fourth-order valence-electron chi connectivity index (χ4n) is 3.32. The number of nitrogens with one attached hydrogen (secondary N) is 2. The van der Waals surface area contributed by atoms with Gasteiger partial charge in [0.2, 0.25) is 0 Å². The van der Waals surface area contributed by atoms with Gasteiger partial charge >= 0.3 is 6.03 Å². The van der Waals surface area contributed by atoms with E-state index in [-0.39, 0.29) is 12.6 Å². The van der Waals surface area contributed by atoms with Crippen LogP contribution in [0.5, 0.6) is 0 Å². The van der Waals surface area contributed by atoms with Crippen LogP contribution in [0.15, 0.2) is 48.5 Å². The van der Waals surface area contributed by atoms with Crippen LogP contribution in [-0.2, 0) is 16.9 Å². The zero-order valence-corrected chi connectivity index (χ0v) is 16.8. The van der Waals surface area contributed by atoms with Gasteiger partial charge in [-0.1, -0.05) is 59.6 Å². The molecule has 2 N–H and O–H groups in total. The molecule has 2 aromatic rings. The van der Waals surface area contributed by atoms with E-state index in [1.165, 1.54) is 4.90 Å². The predicted octanol–water partition coefficient (Wildman–Crippen LogP) is 2.82. The van der Waals surface area contributed by atoms with Crippen LogP contribution in [0, 0.1) is 0 Å². The molecule has 1 heterocycles. The molecule has 1 aliphatic rings. The highest BCUT2D eigenvalue weighted by atomic mass is 35.5. The summed E-state index contributed by atoms with van der Waals surface area (Å²) in [5, 5.41) is 3.63. The van der Waals surface area contributed by atoms with Crippen LogP contribution in [-0.4, -0.2) is 30.1 Å². The standard InChI is InChI=1S/C20H21Cl2N3O2/c1-3-24(12-14-7-5-4-6-8-14)13-25-18(26)20(2,23-19(25)27)16-10-9-15(21)11-17(16)22/h4-11H,3,12-13H2,1-2H3,(H,23,27)/p+1/t20-/m1/s1. The number of nitrogens with zero attached hydrogens (tertiary/aromatic N) is 1. The molecule has 0 saturated carbocycles. The quantitative estimate of drug-likeness (QED) is 0.724. The number of amides is 3. The summed E-state index contributed by atoms with van der Waals surface area (Å²) in [4.78, 5) is 28.1. The van der Waals surface area contributed by atoms with Crippen LogP contribution in [0.2, 0.25) is 10.0 Å². The Morgan fingerprint density at radius 1 is 1.11 bits per heavy atom. The number of hydrogen-bond donors (Lipinski definition) is 2. The lowest BCUT2D eigenvalue weighted by atomic mass is 9.92. The van der Waals surface area contributed by atoms with Crippen LogP contribution < -0.4 is 10.2 Å². The normalized spacial score (nSPS) is 20.7. The molecule has 5 nitrogen and oxygen atoms in total. The van der Waals surface area contributed by atoms with Gasteiger partial charge in [-0.25, -0.2) is 9.69 Å². The molecule has 0 aromatic heterocycles. The van der Waals surface area contributed by atoms with Gasteiger partial charge in [0.05, 0.1) is 6.54 Å². The van der Waals surface area contributed by atoms with E-state index in [1.54, 1.807) is 25.1 Å². The van der Waals surface area contributed by atoms with Crippen molar-refractivity contribution in [2.75, 3.05) is 13.2 Å². The number of benzene rings is 2. The molecule has 7 heteroatoms. The molecule has 3 amide bonds. The largest absolute Gasteiger partial charge is 0.329 e. The van der Waals surface area contributed by atoms with Crippen molar-refractivity contribution >= 4 is 35.1 Å². The maximum Gasteiger partial charge on any atom is 0.329 e. The van der Waals surface area contributed by atoms with Crippen LogP contribution in [0.4, 0.5) is 4.79 Å². The van der Waals surface area contributed by atoms with E-state index in [0.717, 1.165) is 23.6 Å². The number of imide groups is 1. The summed E-state index contributed by atoms with van der Waals surface area (Å²) >= 11 is 12.2. The molecule has 2 atom stereocenters. The highest BCUT2D eigenvalue weighted by Crippen LogP contribution is 2.34. The van der Waals surface area contributed by atoms with E-state index in [4.69, 9.17) is 23.2 Å². The second-order valence-electron chi connectivity index (χ2n) is 6.84. The summed E-state index contributed by atoms with van der Waals surface area (Å²) in [6, 6.07) is 14.5. The lowest BCUT2D eigenvalue weighted by Crippen LogP contribution is -3.12. The number of quaternary nitrogens is 1. The molecular formula is C20H22Cl2N3O2+. The molecule has 0 spiro atoms. The third-order valence-corrected chi connectivity index (χ3v) is 5.47. The zero-order chi connectivity index (χ0) is 19.6. The van der Waals surface area contributed by atoms with Crippen molar-refractivity contribution in [1.82, 2.24) is 10.2 Å². The Labute approximate surface area is 168 Å². The summed E-state index contributed by atoms with van der Waals surface area (Å²) in [6.07, 6.45) is 0. The van der Waals surface area contributed by atoms with Gasteiger partial charge in [-0.05, 0) is 26.0 Å². The fourth-order valence-corrected chi connectivity index (χ4v) is 3.92. The second kappa shape index (κ2) is 7.89. The van der Waals surface area contributed by atoms with Crippen molar-refractivity contribution in [2.45, 2.75) is 25.9 Å². The smallest absolute Gasteiger partial charge is 0.319 e. The minimum absolute atomic E-state index is 0.289. The molecule has 1 fully saturated rings. The molecule has 1 unspecified atom stereocenters. The highest BCUT2D eigenvalue weighted by Gasteiger charge is 2.51. The molecule has 2 aromatic carbocycles. The van der Waals surface area contributed by atoms with Crippen LogP contribution in [0.25, 0.3) is 0 Å². The summed E-state index contributed by atoms with van der Waals surface area (Å²) in [5.74, 6) is -0.310. The van der Waals surface area contributed by atoms with Gasteiger partial charge in [-0.2, -0.15) is 0 Å². The molecule has 1 saturated heterocycles.